The molecule has 208 valence electrons. The molecule has 2 atom stereocenters. The van der Waals surface area contributed by atoms with E-state index in [1.807, 2.05) is 67.3 Å². The van der Waals surface area contributed by atoms with Crippen LogP contribution >= 0.6 is 0 Å². The normalized spacial score (nSPS) is 18.6. The molecule has 0 saturated carbocycles. The Hall–Kier alpha value is -3.86. The lowest BCUT2D eigenvalue weighted by Gasteiger charge is -2.35. The largest absolute Gasteiger partial charge is 0.491 e. The first-order valence-electron chi connectivity index (χ1n) is 14.6. The van der Waals surface area contributed by atoms with Gasteiger partial charge in [-0.15, -0.1) is 0 Å². The van der Waals surface area contributed by atoms with E-state index < -0.39 is 6.04 Å². The fourth-order valence-corrected chi connectivity index (χ4v) is 5.90. The third-order valence-corrected chi connectivity index (χ3v) is 7.87. The van der Waals surface area contributed by atoms with Gasteiger partial charge in [-0.2, -0.15) is 0 Å². The molecule has 1 N–H and O–H groups in total. The summed E-state index contributed by atoms with van der Waals surface area (Å²) in [5, 5.41) is 3.63. The Bertz CT molecular complexity index is 1390. The summed E-state index contributed by atoms with van der Waals surface area (Å²) in [5.41, 5.74) is 6.56. The van der Waals surface area contributed by atoms with Gasteiger partial charge in [0.1, 0.15) is 5.75 Å². The number of para-hydroxylation sites is 2. The molecule has 40 heavy (non-hydrogen) atoms. The summed E-state index contributed by atoms with van der Waals surface area (Å²) in [5.74, 6) is 0.986. The highest BCUT2D eigenvalue weighted by molar-refractivity contribution is 6.06. The van der Waals surface area contributed by atoms with Gasteiger partial charge in [-0.3, -0.25) is 14.5 Å². The van der Waals surface area contributed by atoms with Gasteiger partial charge in [-0.05, 0) is 74.9 Å². The number of allylic oxidation sites excluding steroid dienone is 1. The molecule has 5 heteroatoms. The Balaban J connectivity index is 1.63. The van der Waals surface area contributed by atoms with Crippen molar-refractivity contribution in [2.24, 2.45) is 0 Å². The molecule has 0 aromatic heterocycles. The number of carbonyl (C=O) groups excluding carboxylic acids is 2. The summed E-state index contributed by atoms with van der Waals surface area (Å²) >= 11 is 0. The van der Waals surface area contributed by atoms with E-state index >= 15 is 0 Å². The number of Topliss-reactive ketones (excluding diaryl/α,β-unsaturated/α-hetero) is 1. The molecule has 0 radical (unpaired) electrons. The molecule has 1 heterocycles. The monoisotopic (exact) mass is 536 g/mol. The fourth-order valence-electron chi connectivity index (χ4n) is 5.90. The first-order valence-corrected chi connectivity index (χ1v) is 14.6. The maximum Gasteiger partial charge on any atom is 0.227 e. The number of hydrogen-bond acceptors (Lipinski definition) is 4. The minimum atomic E-state index is -0.514. The van der Waals surface area contributed by atoms with Crippen molar-refractivity contribution in [3.05, 3.63) is 101 Å². The molecule has 2 unspecified atom stereocenters. The second-order valence-electron chi connectivity index (χ2n) is 11.3. The van der Waals surface area contributed by atoms with Crippen LogP contribution in [0.15, 0.2) is 84.1 Å². The number of nitrogens with one attached hydrogen (secondary N) is 1. The maximum atomic E-state index is 14.1. The molecule has 3 aromatic rings. The van der Waals surface area contributed by atoms with Crippen LogP contribution in [0.25, 0.3) is 0 Å². The highest BCUT2D eigenvalue weighted by Crippen LogP contribution is 2.47. The fraction of sp³-hybridized carbons (Fsp3) is 0.371. The summed E-state index contributed by atoms with van der Waals surface area (Å²) in [7, 11) is 0. The minimum Gasteiger partial charge on any atom is -0.491 e. The number of carbonyl (C=O) groups is 2. The molecule has 1 aliphatic heterocycles. The zero-order valence-electron chi connectivity index (χ0n) is 24.1. The van der Waals surface area contributed by atoms with Gasteiger partial charge in [0.05, 0.1) is 23.5 Å². The Kier molecular flexibility index (Phi) is 8.39. The highest BCUT2D eigenvalue weighted by atomic mass is 16.5. The lowest BCUT2D eigenvalue weighted by molar-refractivity contribution is -0.119. The molecule has 0 saturated heterocycles. The summed E-state index contributed by atoms with van der Waals surface area (Å²) < 4.78 is 5.90. The second kappa shape index (κ2) is 12.1. The van der Waals surface area contributed by atoms with Crippen LogP contribution in [0.3, 0.4) is 0 Å². The predicted molar refractivity (Wildman–Crippen MR) is 162 cm³/mol. The molecular weight excluding hydrogens is 496 g/mol. The number of anilines is 2. The molecule has 0 fully saturated rings. The molecule has 0 bridgehead atoms. The van der Waals surface area contributed by atoms with Crippen LogP contribution in [0, 0.1) is 6.92 Å². The Labute approximate surface area is 238 Å². The van der Waals surface area contributed by atoms with Crippen molar-refractivity contribution >= 4 is 23.1 Å². The van der Waals surface area contributed by atoms with Gasteiger partial charge in [0.2, 0.25) is 5.91 Å². The first-order chi connectivity index (χ1) is 19.4. The molecule has 1 aliphatic carbocycles. The van der Waals surface area contributed by atoms with E-state index in [0.717, 1.165) is 47.6 Å². The molecule has 3 aromatic carbocycles. The summed E-state index contributed by atoms with van der Waals surface area (Å²) in [6.45, 7) is 8.22. The third-order valence-electron chi connectivity index (χ3n) is 7.87. The van der Waals surface area contributed by atoms with Crippen molar-refractivity contribution in [3.8, 4) is 5.75 Å². The highest BCUT2D eigenvalue weighted by Gasteiger charge is 2.41. The van der Waals surface area contributed by atoms with Crippen LogP contribution in [0.2, 0.25) is 0 Å². The van der Waals surface area contributed by atoms with Gasteiger partial charge < -0.3 is 10.1 Å². The molecule has 2 aliphatic rings. The molecule has 5 nitrogen and oxygen atoms in total. The number of ether oxygens (including phenoxy) is 1. The topological polar surface area (TPSA) is 58.6 Å². The van der Waals surface area contributed by atoms with E-state index in [0.29, 0.717) is 24.8 Å². The van der Waals surface area contributed by atoms with Crippen molar-refractivity contribution in [2.75, 3.05) is 10.2 Å². The third kappa shape index (κ3) is 5.84. The Morgan fingerprint density at radius 2 is 1.65 bits per heavy atom. The van der Waals surface area contributed by atoms with E-state index in [4.69, 9.17) is 4.74 Å². The lowest BCUT2D eigenvalue weighted by atomic mass is 9.78. The van der Waals surface area contributed by atoms with Gasteiger partial charge in [-0.25, -0.2) is 0 Å². The van der Waals surface area contributed by atoms with Crippen LogP contribution in [0.1, 0.15) is 87.9 Å². The van der Waals surface area contributed by atoms with Crippen molar-refractivity contribution < 1.29 is 14.3 Å². The number of unbranched alkanes of at least 4 members (excludes halogenated alkanes) is 2. The van der Waals surface area contributed by atoms with Gasteiger partial charge in [0, 0.05) is 24.1 Å². The average molecular weight is 537 g/mol. The summed E-state index contributed by atoms with van der Waals surface area (Å²) in [6.07, 6.45) is 4.49. The quantitative estimate of drug-likeness (QED) is 0.294. The Morgan fingerprint density at radius 3 is 2.35 bits per heavy atom. The minimum absolute atomic E-state index is 0.0393. The van der Waals surface area contributed by atoms with E-state index in [9.17, 15) is 9.59 Å². The molecule has 0 spiro atoms. The molecule has 1 amide bonds. The SMILES string of the molecule is CCCCCC(=O)N1c2ccccc2NC2=C(C(=O)CC(c3ccc(C)cc3)C2)C1c1ccc(OC(C)C)cc1. The van der Waals surface area contributed by atoms with Crippen LogP contribution in [0.5, 0.6) is 5.75 Å². The van der Waals surface area contributed by atoms with Crippen LogP contribution in [-0.2, 0) is 9.59 Å². The number of nitrogens with zero attached hydrogens (tertiary/aromatic N) is 1. The van der Waals surface area contributed by atoms with Gasteiger partial charge in [-0.1, -0.05) is 73.9 Å². The second-order valence-corrected chi connectivity index (χ2v) is 11.3. The smallest absolute Gasteiger partial charge is 0.227 e. The zero-order valence-corrected chi connectivity index (χ0v) is 24.1. The number of amides is 1. The number of benzene rings is 3. The van der Waals surface area contributed by atoms with Crippen LogP contribution in [0.4, 0.5) is 11.4 Å². The van der Waals surface area contributed by atoms with Crippen molar-refractivity contribution in [1.29, 1.82) is 0 Å². The van der Waals surface area contributed by atoms with E-state index in [-0.39, 0.29) is 23.7 Å². The number of ketones is 1. The zero-order chi connectivity index (χ0) is 28.2. The number of fused-ring (bicyclic) bond motifs is 1. The lowest BCUT2D eigenvalue weighted by Crippen LogP contribution is -2.38. The number of aryl methyl sites for hydroxylation is 1. The van der Waals surface area contributed by atoms with Crippen LogP contribution < -0.4 is 15.0 Å². The average Bonchev–Trinajstić information content (AvgIpc) is 3.08. The predicted octanol–water partition coefficient (Wildman–Crippen LogP) is 8.26. The first kappa shape index (κ1) is 27.7. The van der Waals surface area contributed by atoms with E-state index in [1.54, 1.807) is 0 Å². The van der Waals surface area contributed by atoms with Crippen molar-refractivity contribution in [1.82, 2.24) is 0 Å². The summed E-state index contributed by atoms with van der Waals surface area (Å²) in [6, 6.07) is 23.8. The van der Waals surface area contributed by atoms with Crippen LogP contribution in [-0.4, -0.2) is 17.8 Å². The molecular formula is C35H40N2O3. The Morgan fingerprint density at radius 1 is 0.950 bits per heavy atom. The number of hydrogen-bond donors (Lipinski definition) is 1. The van der Waals surface area contributed by atoms with E-state index in [2.05, 4.69) is 43.4 Å². The van der Waals surface area contributed by atoms with Crippen molar-refractivity contribution in [2.45, 2.75) is 84.3 Å². The van der Waals surface area contributed by atoms with Gasteiger partial charge in [0.15, 0.2) is 5.78 Å². The molecule has 5 rings (SSSR count). The van der Waals surface area contributed by atoms with Gasteiger partial charge in [0.25, 0.3) is 0 Å². The standard InChI is InChI=1S/C35H40N2O3/c1-5-6-7-12-33(39)37-31-11-9-8-10-29(31)36-30-21-27(25-15-13-24(4)14-16-25)22-32(38)34(30)35(37)26-17-19-28(20-18-26)40-23(2)3/h8-11,13-20,23,27,35-36H,5-7,12,21-22H2,1-4H3. The van der Waals surface area contributed by atoms with E-state index in [1.165, 1.54) is 11.1 Å². The number of rotatable bonds is 8. The maximum absolute atomic E-state index is 14.1. The van der Waals surface area contributed by atoms with Gasteiger partial charge >= 0.3 is 0 Å². The summed E-state index contributed by atoms with van der Waals surface area (Å²) in [4.78, 5) is 30.0. The van der Waals surface area contributed by atoms with Crippen molar-refractivity contribution in [3.63, 3.8) is 0 Å².